The van der Waals surface area contributed by atoms with Gasteiger partial charge >= 0.3 is 0 Å². The Morgan fingerprint density at radius 2 is 1.86 bits per heavy atom. The number of aryl methyl sites for hydroxylation is 2. The van der Waals surface area contributed by atoms with E-state index in [4.69, 9.17) is 0 Å². The first-order valence-corrected chi connectivity index (χ1v) is 4.93. The molecule has 0 saturated heterocycles. The van der Waals surface area contributed by atoms with E-state index in [1.807, 2.05) is 34.6 Å². The highest BCUT2D eigenvalue weighted by Gasteiger charge is 2.26. The molecular formula is C12H19NO. The quantitative estimate of drug-likeness (QED) is 0.744. The van der Waals surface area contributed by atoms with Crippen molar-refractivity contribution in [1.82, 2.24) is 4.98 Å². The average Bonchev–Trinajstić information content (AvgIpc) is 2.01. The maximum absolute atomic E-state index is 10.1. The van der Waals surface area contributed by atoms with Gasteiger partial charge in [-0.2, -0.15) is 0 Å². The molecule has 0 aliphatic carbocycles. The van der Waals surface area contributed by atoms with Crippen LogP contribution < -0.4 is 0 Å². The zero-order valence-corrected chi connectivity index (χ0v) is 9.63. The molecular weight excluding hydrogens is 174 g/mol. The van der Waals surface area contributed by atoms with Crippen molar-refractivity contribution in [3.63, 3.8) is 0 Å². The summed E-state index contributed by atoms with van der Waals surface area (Å²) in [6, 6.07) is 2.05. The first-order chi connectivity index (χ1) is 6.32. The van der Waals surface area contributed by atoms with E-state index in [2.05, 4.69) is 11.1 Å². The monoisotopic (exact) mass is 193 g/mol. The van der Waals surface area contributed by atoms with Gasteiger partial charge in [-0.1, -0.05) is 26.8 Å². The molecule has 14 heavy (non-hydrogen) atoms. The Morgan fingerprint density at radius 3 is 2.29 bits per heavy atom. The lowest BCUT2D eigenvalue weighted by Gasteiger charge is -2.26. The van der Waals surface area contributed by atoms with Crippen LogP contribution in [0.25, 0.3) is 0 Å². The Hall–Kier alpha value is -0.890. The fourth-order valence-corrected chi connectivity index (χ4v) is 1.42. The van der Waals surface area contributed by atoms with Gasteiger partial charge in [0.15, 0.2) is 0 Å². The van der Waals surface area contributed by atoms with Gasteiger partial charge in [-0.05, 0) is 30.4 Å². The van der Waals surface area contributed by atoms with Crippen LogP contribution in [0.1, 0.15) is 43.7 Å². The second-order valence-corrected chi connectivity index (χ2v) is 4.98. The first kappa shape index (κ1) is 11.2. The van der Waals surface area contributed by atoms with E-state index in [0.29, 0.717) is 0 Å². The van der Waals surface area contributed by atoms with Gasteiger partial charge in [0, 0.05) is 6.20 Å². The number of nitrogens with zero attached hydrogens (tertiary/aromatic N) is 1. The molecule has 2 nitrogen and oxygen atoms in total. The Bertz CT molecular complexity index is 326. The van der Waals surface area contributed by atoms with Crippen LogP contribution in [-0.4, -0.2) is 10.1 Å². The van der Waals surface area contributed by atoms with Gasteiger partial charge in [0.1, 0.15) is 6.10 Å². The minimum absolute atomic E-state index is 0.160. The van der Waals surface area contributed by atoms with E-state index >= 15 is 0 Å². The summed E-state index contributed by atoms with van der Waals surface area (Å²) in [6.45, 7) is 10.0. The normalized spacial score (nSPS) is 14.1. The summed E-state index contributed by atoms with van der Waals surface area (Å²) in [4.78, 5) is 4.29. The first-order valence-electron chi connectivity index (χ1n) is 4.93. The Labute approximate surface area is 86.0 Å². The van der Waals surface area contributed by atoms with Gasteiger partial charge < -0.3 is 5.11 Å². The molecule has 1 atom stereocenters. The minimum atomic E-state index is -0.497. The number of aliphatic hydroxyl groups excluding tert-OH is 1. The summed E-state index contributed by atoms with van der Waals surface area (Å²) >= 11 is 0. The van der Waals surface area contributed by atoms with Crippen LogP contribution in [0.4, 0.5) is 0 Å². The lowest BCUT2D eigenvalue weighted by Crippen LogP contribution is -2.20. The lowest BCUT2D eigenvalue weighted by molar-refractivity contribution is 0.0583. The van der Waals surface area contributed by atoms with Gasteiger partial charge in [-0.15, -0.1) is 0 Å². The summed E-state index contributed by atoms with van der Waals surface area (Å²) in [7, 11) is 0. The number of aromatic nitrogens is 1. The van der Waals surface area contributed by atoms with Crippen molar-refractivity contribution < 1.29 is 5.11 Å². The summed E-state index contributed by atoms with van der Waals surface area (Å²) in [5, 5.41) is 10.1. The molecule has 0 aromatic carbocycles. The zero-order chi connectivity index (χ0) is 10.9. The predicted octanol–water partition coefficient (Wildman–Crippen LogP) is 2.78. The van der Waals surface area contributed by atoms with Crippen LogP contribution in [-0.2, 0) is 0 Å². The maximum atomic E-state index is 10.1. The van der Waals surface area contributed by atoms with Gasteiger partial charge in [0.05, 0.1) is 5.69 Å². The van der Waals surface area contributed by atoms with E-state index in [9.17, 15) is 5.11 Å². The molecule has 1 rings (SSSR count). The van der Waals surface area contributed by atoms with Crippen LogP contribution in [0.5, 0.6) is 0 Å². The van der Waals surface area contributed by atoms with Crippen LogP contribution >= 0.6 is 0 Å². The standard InChI is InChI=1S/C12H19NO/c1-8-6-9(2)10(13-7-8)11(14)12(3,4)5/h6-7,11,14H,1-5H3/t11-/m0/s1. The van der Waals surface area contributed by atoms with Crippen LogP contribution in [0.2, 0.25) is 0 Å². The molecule has 0 spiro atoms. The molecule has 1 aromatic rings. The molecule has 0 fully saturated rings. The lowest BCUT2D eigenvalue weighted by atomic mass is 9.85. The van der Waals surface area contributed by atoms with E-state index in [-0.39, 0.29) is 5.41 Å². The molecule has 0 amide bonds. The van der Waals surface area contributed by atoms with Crippen molar-refractivity contribution in [2.75, 3.05) is 0 Å². The fourth-order valence-electron chi connectivity index (χ4n) is 1.42. The third-order valence-corrected chi connectivity index (χ3v) is 2.33. The van der Waals surface area contributed by atoms with Crippen molar-refractivity contribution in [2.24, 2.45) is 5.41 Å². The molecule has 1 heterocycles. The maximum Gasteiger partial charge on any atom is 0.101 e. The highest BCUT2D eigenvalue weighted by Crippen LogP contribution is 2.32. The molecule has 0 saturated carbocycles. The van der Waals surface area contributed by atoms with Crippen molar-refractivity contribution >= 4 is 0 Å². The number of hydrogen-bond acceptors (Lipinski definition) is 2. The number of rotatable bonds is 1. The van der Waals surface area contributed by atoms with E-state index in [0.717, 1.165) is 16.8 Å². The Kier molecular flexibility index (Phi) is 2.95. The molecule has 0 radical (unpaired) electrons. The molecule has 2 heteroatoms. The van der Waals surface area contributed by atoms with E-state index < -0.39 is 6.10 Å². The van der Waals surface area contributed by atoms with Crippen molar-refractivity contribution in [3.8, 4) is 0 Å². The molecule has 0 unspecified atom stereocenters. The highest BCUT2D eigenvalue weighted by molar-refractivity contribution is 5.25. The van der Waals surface area contributed by atoms with Crippen LogP contribution in [0.15, 0.2) is 12.3 Å². The van der Waals surface area contributed by atoms with E-state index in [1.165, 1.54) is 0 Å². The third kappa shape index (κ3) is 2.32. The average molecular weight is 193 g/mol. The number of hydrogen-bond donors (Lipinski definition) is 1. The van der Waals surface area contributed by atoms with Crippen molar-refractivity contribution in [3.05, 3.63) is 29.1 Å². The zero-order valence-electron chi connectivity index (χ0n) is 9.63. The number of pyridine rings is 1. The summed E-state index contributed by atoms with van der Waals surface area (Å²) in [5.41, 5.74) is 2.83. The summed E-state index contributed by atoms with van der Waals surface area (Å²) in [6.07, 6.45) is 1.31. The molecule has 1 aromatic heterocycles. The molecule has 0 aliphatic heterocycles. The topological polar surface area (TPSA) is 33.1 Å². The minimum Gasteiger partial charge on any atom is -0.386 e. The Balaban J connectivity index is 3.08. The van der Waals surface area contributed by atoms with Crippen LogP contribution in [0.3, 0.4) is 0 Å². The smallest absolute Gasteiger partial charge is 0.101 e. The highest BCUT2D eigenvalue weighted by atomic mass is 16.3. The van der Waals surface area contributed by atoms with Crippen molar-refractivity contribution in [1.29, 1.82) is 0 Å². The Morgan fingerprint density at radius 1 is 1.29 bits per heavy atom. The second kappa shape index (κ2) is 3.70. The molecule has 0 aliphatic rings. The van der Waals surface area contributed by atoms with Gasteiger partial charge in [-0.3, -0.25) is 4.98 Å². The van der Waals surface area contributed by atoms with Crippen molar-refractivity contribution in [2.45, 2.75) is 40.7 Å². The molecule has 1 N–H and O–H groups in total. The number of aliphatic hydroxyl groups is 1. The third-order valence-electron chi connectivity index (χ3n) is 2.33. The molecule has 78 valence electrons. The van der Waals surface area contributed by atoms with Crippen LogP contribution in [0, 0.1) is 19.3 Å². The SMILES string of the molecule is Cc1cnc([C@H](O)C(C)(C)C)c(C)c1. The van der Waals surface area contributed by atoms with Gasteiger partial charge in [0.25, 0.3) is 0 Å². The van der Waals surface area contributed by atoms with Gasteiger partial charge in [0.2, 0.25) is 0 Å². The van der Waals surface area contributed by atoms with E-state index in [1.54, 1.807) is 6.20 Å². The summed E-state index contributed by atoms with van der Waals surface area (Å²) in [5.74, 6) is 0. The largest absolute Gasteiger partial charge is 0.386 e. The van der Waals surface area contributed by atoms with Gasteiger partial charge in [-0.25, -0.2) is 0 Å². The predicted molar refractivity (Wildman–Crippen MR) is 58.1 cm³/mol. The summed E-state index contributed by atoms with van der Waals surface area (Å²) < 4.78 is 0. The molecule has 0 bridgehead atoms. The fraction of sp³-hybridized carbons (Fsp3) is 0.583. The second-order valence-electron chi connectivity index (χ2n) is 4.98.